The summed E-state index contributed by atoms with van der Waals surface area (Å²) in [5.74, 6) is -0.294. The lowest BCUT2D eigenvalue weighted by molar-refractivity contribution is 0.140. The van der Waals surface area contributed by atoms with E-state index in [0.717, 1.165) is 6.42 Å². The largest absolute Gasteiger partial charge is 0.465 e. The standard InChI is InChI=1S/C15H12BrClFIN4O2/c16-8-6(19)2-5-12(9(8)18)22-14(17)10(20)13(5)21-11-4-1-7(11)23(3-4)15(24)25/h2,4,7,11H,1,3,20H2,(H,21,22)(H,24,25). The van der Waals surface area contributed by atoms with Crippen LogP contribution < -0.4 is 11.1 Å². The number of hydrogen-bond acceptors (Lipinski definition) is 4. The van der Waals surface area contributed by atoms with E-state index in [9.17, 15) is 14.3 Å². The Hall–Kier alpha value is -1.07. The summed E-state index contributed by atoms with van der Waals surface area (Å²) in [5, 5.41) is 13.1. The number of nitrogens with zero attached hydrogens (tertiary/aromatic N) is 2. The maximum Gasteiger partial charge on any atom is 0.407 e. The first-order chi connectivity index (χ1) is 11.8. The van der Waals surface area contributed by atoms with Gasteiger partial charge in [-0.2, -0.15) is 0 Å². The third-order valence-electron chi connectivity index (χ3n) is 4.96. The zero-order valence-electron chi connectivity index (χ0n) is 12.6. The molecule has 2 bridgehead atoms. The number of nitrogen functional groups attached to an aromatic ring is 1. The van der Waals surface area contributed by atoms with Crippen molar-refractivity contribution >= 4 is 78.5 Å². The second-order valence-electron chi connectivity index (χ2n) is 6.24. The normalized spacial score (nSPS) is 24.5. The number of halogens is 4. The quantitative estimate of drug-likeness (QED) is 0.302. The van der Waals surface area contributed by atoms with Gasteiger partial charge in [-0.15, -0.1) is 0 Å². The van der Waals surface area contributed by atoms with Gasteiger partial charge >= 0.3 is 6.09 Å². The van der Waals surface area contributed by atoms with E-state index in [1.54, 1.807) is 6.07 Å². The van der Waals surface area contributed by atoms with Crippen LogP contribution in [0.1, 0.15) is 6.42 Å². The summed E-state index contributed by atoms with van der Waals surface area (Å²) in [7, 11) is 0. The maximum atomic E-state index is 14.6. The molecule has 3 atom stereocenters. The van der Waals surface area contributed by atoms with Crippen LogP contribution in [0.2, 0.25) is 5.15 Å². The summed E-state index contributed by atoms with van der Waals surface area (Å²) in [4.78, 5) is 16.8. The minimum atomic E-state index is -0.924. The van der Waals surface area contributed by atoms with Gasteiger partial charge in [-0.05, 0) is 51.0 Å². The van der Waals surface area contributed by atoms with Crippen LogP contribution in [0, 0.1) is 15.3 Å². The molecule has 0 spiro atoms. The van der Waals surface area contributed by atoms with Crippen molar-refractivity contribution in [3.05, 3.63) is 25.1 Å². The number of rotatable bonds is 2. The molecule has 3 aliphatic rings. The second kappa shape index (κ2) is 5.98. The number of hydrogen-bond donors (Lipinski definition) is 3. The Kier molecular flexibility index (Phi) is 4.15. The molecule has 3 fully saturated rings. The van der Waals surface area contributed by atoms with E-state index in [-0.39, 0.29) is 34.4 Å². The van der Waals surface area contributed by atoms with Crippen molar-refractivity contribution in [2.45, 2.75) is 18.5 Å². The summed E-state index contributed by atoms with van der Waals surface area (Å²) in [6.45, 7) is 0.492. The molecule has 1 amide bonds. The number of anilines is 2. The summed E-state index contributed by atoms with van der Waals surface area (Å²) < 4.78 is 15.6. The first kappa shape index (κ1) is 17.3. The highest BCUT2D eigenvalue weighted by atomic mass is 127. The van der Waals surface area contributed by atoms with Gasteiger partial charge in [-0.3, -0.25) is 0 Å². The summed E-state index contributed by atoms with van der Waals surface area (Å²) in [6, 6.07) is 1.60. The Morgan fingerprint density at radius 3 is 2.96 bits per heavy atom. The van der Waals surface area contributed by atoms with Gasteiger partial charge in [0.1, 0.15) is 5.52 Å². The molecule has 2 aliphatic heterocycles. The van der Waals surface area contributed by atoms with Gasteiger partial charge in [0, 0.05) is 21.4 Å². The number of carboxylic acid groups (broad SMARTS) is 1. The molecule has 3 heterocycles. The van der Waals surface area contributed by atoms with Crippen molar-refractivity contribution in [2.75, 3.05) is 17.6 Å². The number of carbonyl (C=O) groups is 1. The average molecular weight is 542 g/mol. The van der Waals surface area contributed by atoms with Crippen molar-refractivity contribution in [2.24, 2.45) is 5.92 Å². The molecule has 5 rings (SSSR count). The first-order valence-electron chi connectivity index (χ1n) is 7.48. The fourth-order valence-electron chi connectivity index (χ4n) is 3.67. The predicted octanol–water partition coefficient (Wildman–Crippen LogP) is 4.14. The number of amides is 1. The Labute approximate surface area is 169 Å². The van der Waals surface area contributed by atoms with Crippen molar-refractivity contribution in [1.82, 2.24) is 9.88 Å². The van der Waals surface area contributed by atoms with Crippen LogP contribution in [0.25, 0.3) is 10.9 Å². The lowest BCUT2D eigenvalue weighted by Crippen LogP contribution is -2.49. The lowest BCUT2D eigenvalue weighted by Gasteiger charge is -2.37. The van der Waals surface area contributed by atoms with Crippen molar-refractivity contribution in [1.29, 1.82) is 0 Å². The molecule has 132 valence electrons. The highest BCUT2D eigenvalue weighted by molar-refractivity contribution is 14.1. The van der Waals surface area contributed by atoms with Crippen molar-refractivity contribution in [3.8, 4) is 0 Å². The molecular weight excluding hydrogens is 529 g/mol. The van der Waals surface area contributed by atoms with Crippen LogP contribution >= 0.6 is 50.1 Å². The lowest BCUT2D eigenvalue weighted by atomic mass is 9.79. The smallest absolute Gasteiger partial charge is 0.407 e. The maximum absolute atomic E-state index is 14.6. The summed E-state index contributed by atoms with van der Waals surface area (Å²) in [5.41, 5.74) is 6.96. The van der Waals surface area contributed by atoms with Gasteiger partial charge < -0.3 is 21.1 Å². The number of nitrogens with two attached hydrogens (primary N) is 1. The first-order valence-corrected chi connectivity index (χ1v) is 9.72. The van der Waals surface area contributed by atoms with E-state index in [4.69, 9.17) is 17.3 Å². The fraction of sp³-hybridized carbons (Fsp3) is 0.333. The van der Waals surface area contributed by atoms with Gasteiger partial charge in [0.05, 0.1) is 27.9 Å². The van der Waals surface area contributed by atoms with E-state index in [0.29, 0.717) is 25.7 Å². The van der Waals surface area contributed by atoms with Gasteiger partial charge in [0.25, 0.3) is 0 Å². The van der Waals surface area contributed by atoms with E-state index in [1.165, 1.54) is 4.90 Å². The predicted molar refractivity (Wildman–Crippen MR) is 106 cm³/mol. The number of fused-ring (bicyclic) bond motifs is 2. The van der Waals surface area contributed by atoms with Crippen molar-refractivity contribution in [3.63, 3.8) is 0 Å². The molecule has 1 aromatic heterocycles. The number of pyridine rings is 1. The average Bonchev–Trinajstić information content (AvgIpc) is 3.14. The molecule has 4 N–H and O–H groups in total. The van der Waals surface area contributed by atoms with E-state index in [2.05, 4.69) is 26.2 Å². The minimum Gasteiger partial charge on any atom is -0.465 e. The number of benzene rings is 1. The highest BCUT2D eigenvalue weighted by Crippen LogP contribution is 2.45. The van der Waals surface area contributed by atoms with Gasteiger partial charge in [0.2, 0.25) is 0 Å². The van der Waals surface area contributed by atoms with Crippen LogP contribution in [0.3, 0.4) is 0 Å². The number of nitrogens with one attached hydrogen (secondary N) is 1. The zero-order chi connectivity index (χ0) is 18.0. The summed E-state index contributed by atoms with van der Waals surface area (Å²) >= 11 is 11.3. The molecule has 1 aromatic carbocycles. The monoisotopic (exact) mass is 540 g/mol. The molecule has 1 aliphatic carbocycles. The molecule has 25 heavy (non-hydrogen) atoms. The molecule has 1 saturated carbocycles. The number of aromatic nitrogens is 1. The van der Waals surface area contributed by atoms with Gasteiger partial charge in [-0.25, -0.2) is 14.2 Å². The topological polar surface area (TPSA) is 91.5 Å². The Balaban J connectivity index is 1.80. The van der Waals surface area contributed by atoms with Gasteiger partial charge in [-0.1, -0.05) is 11.6 Å². The molecule has 2 aromatic rings. The molecule has 3 unspecified atom stereocenters. The molecular formula is C15H12BrClFIN4O2. The molecule has 10 heteroatoms. The van der Waals surface area contributed by atoms with Crippen LogP contribution in [0.15, 0.2) is 10.5 Å². The van der Waals surface area contributed by atoms with Crippen LogP contribution in [0.5, 0.6) is 0 Å². The third-order valence-corrected chi connectivity index (χ3v) is 7.62. The minimum absolute atomic E-state index is 0.0174. The highest BCUT2D eigenvalue weighted by Gasteiger charge is 2.54. The van der Waals surface area contributed by atoms with Crippen molar-refractivity contribution < 1.29 is 14.3 Å². The second-order valence-corrected chi connectivity index (χ2v) is 8.56. The Morgan fingerprint density at radius 2 is 2.32 bits per heavy atom. The fourth-order valence-corrected chi connectivity index (χ4v) is 4.70. The van der Waals surface area contributed by atoms with Crippen LogP contribution in [0.4, 0.5) is 20.6 Å². The molecule has 6 nitrogen and oxygen atoms in total. The Morgan fingerprint density at radius 1 is 1.60 bits per heavy atom. The van der Waals surface area contributed by atoms with Crippen LogP contribution in [-0.4, -0.2) is 39.7 Å². The van der Waals surface area contributed by atoms with E-state index in [1.807, 2.05) is 22.6 Å². The Bertz CT molecular complexity index is 931. The van der Waals surface area contributed by atoms with Crippen LogP contribution in [-0.2, 0) is 0 Å². The van der Waals surface area contributed by atoms with Gasteiger partial charge in [0.15, 0.2) is 11.0 Å². The van der Waals surface area contributed by atoms with E-state index < -0.39 is 11.9 Å². The molecule has 0 radical (unpaired) electrons. The van der Waals surface area contributed by atoms with E-state index >= 15 is 0 Å². The summed E-state index contributed by atoms with van der Waals surface area (Å²) in [6.07, 6.45) is -0.107. The molecule has 2 saturated heterocycles. The SMILES string of the molecule is Nc1c(Cl)nc2c(F)c(Br)c(I)cc2c1NC1C2CC1N(C(=O)O)C2. The zero-order valence-corrected chi connectivity index (χ0v) is 17.1. The third kappa shape index (κ3) is 2.54.